The molecule has 0 aliphatic rings. The molecule has 0 fully saturated rings. The number of halogens is 1. The molecule has 10 heteroatoms. The summed E-state index contributed by atoms with van der Waals surface area (Å²) in [6.07, 6.45) is 3.24. The van der Waals surface area contributed by atoms with Gasteiger partial charge in [-0.1, -0.05) is 35.9 Å². The Bertz CT molecular complexity index is 1810. The minimum atomic E-state index is -0.653. The number of furan rings is 2. The Morgan fingerprint density at radius 1 is 0.975 bits per heavy atom. The van der Waals surface area contributed by atoms with E-state index in [1.54, 1.807) is 17.2 Å². The Balaban J connectivity index is 1.55. The minimum absolute atomic E-state index is 0.223. The first-order valence-electron chi connectivity index (χ1n) is 12.9. The lowest BCUT2D eigenvalue weighted by atomic mass is 9.99. The van der Waals surface area contributed by atoms with E-state index in [1.807, 2.05) is 74.5 Å². The quantitative estimate of drug-likeness (QED) is 0.240. The first-order valence-corrected chi connectivity index (χ1v) is 13.3. The molecule has 0 radical (unpaired) electrons. The van der Waals surface area contributed by atoms with Gasteiger partial charge < -0.3 is 13.8 Å². The molecule has 0 saturated heterocycles. The fourth-order valence-corrected chi connectivity index (χ4v) is 5.34. The summed E-state index contributed by atoms with van der Waals surface area (Å²) in [5.41, 5.74) is 4.10. The lowest BCUT2D eigenvalue weighted by molar-refractivity contribution is 0.179. The Labute approximate surface area is 235 Å². The van der Waals surface area contributed by atoms with Crippen molar-refractivity contribution in [1.29, 1.82) is 0 Å². The second-order valence-electron chi connectivity index (χ2n) is 9.85. The summed E-state index contributed by atoms with van der Waals surface area (Å²) in [6.45, 7) is 5.14. The molecule has 6 aromatic rings. The third-order valence-corrected chi connectivity index (χ3v) is 7.33. The van der Waals surface area contributed by atoms with Crippen LogP contribution < -0.4 is 5.56 Å². The molecule has 0 spiro atoms. The number of nitrogens with one attached hydrogen (secondary N) is 1. The number of hydrogen-bond donors (Lipinski definition) is 1. The normalized spacial score (nSPS) is 12.4. The van der Waals surface area contributed by atoms with Gasteiger partial charge in [-0.05, 0) is 83.4 Å². The molecule has 4 aromatic heterocycles. The number of pyridine rings is 1. The van der Waals surface area contributed by atoms with Gasteiger partial charge >= 0.3 is 0 Å². The van der Waals surface area contributed by atoms with Gasteiger partial charge in [0.15, 0.2) is 5.82 Å². The zero-order chi connectivity index (χ0) is 27.6. The lowest BCUT2D eigenvalue weighted by Crippen LogP contribution is -2.35. The maximum atomic E-state index is 13.8. The maximum absolute atomic E-state index is 13.8. The first kappa shape index (κ1) is 25.8. The number of benzene rings is 2. The van der Waals surface area contributed by atoms with Crippen molar-refractivity contribution >= 4 is 22.5 Å². The Morgan fingerprint density at radius 3 is 2.50 bits per heavy atom. The highest BCUT2D eigenvalue weighted by Crippen LogP contribution is 2.32. The van der Waals surface area contributed by atoms with Gasteiger partial charge in [0, 0.05) is 28.0 Å². The van der Waals surface area contributed by atoms with E-state index in [-0.39, 0.29) is 5.56 Å². The molecule has 0 amide bonds. The molecular formula is C30H27ClN6O3. The molecule has 1 atom stereocenters. The lowest BCUT2D eigenvalue weighted by Gasteiger charge is -2.30. The zero-order valence-electron chi connectivity index (χ0n) is 22.0. The Morgan fingerprint density at radius 2 is 1.75 bits per heavy atom. The number of aryl methyl sites for hydroxylation is 2. The second-order valence-corrected chi connectivity index (χ2v) is 10.3. The summed E-state index contributed by atoms with van der Waals surface area (Å²) < 4.78 is 13.0. The standard InChI is InChI=1S/C30H27ClN6O3/c1-19-13-20(2)24-15-25(30(38)32-27(24)14-19)28(29-33-34-35-37(29)18-23-9-6-12-40-23)36(17-22-8-5-11-39-22)16-21-7-3-4-10-26(21)31/h3-15,28H,16-18H2,1-2H3,(H,32,38)/t28-/m0/s1. The summed E-state index contributed by atoms with van der Waals surface area (Å²) in [5, 5.41) is 14.3. The van der Waals surface area contributed by atoms with Crippen molar-refractivity contribution in [3.8, 4) is 0 Å². The van der Waals surface area contributed by atoms with Crippen LogP contribution in [0.15, 0.2) is 92.9 Å². The van der Waals surface area contributed by atoms with Crippen LogP contribution in [-0.4, -0.2) is 30.1 Å². The van der Waals surface area contributed by atoms with Crippen LogP contribution in [0.2, 0.25) is 5.02 Å². The monoisotopic (exact) mass is 554 g/mol. The van der Waals surface area contributed by atoms with E-state index >= 15 is 0 Å². The third kappa shape index (κ3) is 5.21. The maximum Gasteiger partial charge on any atom is 0.253 e. The van der Waals surface area contributed by atoms with E-state index in [4.69, 9.17) is 20.4 Å². The fraction of sp³-hybridized carbons (Fsp3) is 0.200. The van der Waals surface area contributed by atoms with Gasteiger partial charge in [0.25, 0.3) is 5.56 Å². The molecule has 4 heterocycles. The van der Waals surface area contributed by atoms with Crippen molar-refractivity contribution < 1.29 is 8.83 Å². The average Bonchev–Trinajstić information content (AvgIpc) is 3.71. The molecule has 40 heavy (non-hydrogen) atoms. The number of aromatic nitrogens is 5. The minimum Gasteiger partial charge on any atom is -0.468 e. The fourth-order valence-electron chi connectivity index (χ4n) is 5.15. The third-order valence-electron chi connectivity index (χ3n) is 6.96. The van der Waals surface area contributed by atoms with E-state index in [0.29, 0.717) is 41.8 Å². The van der Waals surface area contributed by atoms with Crippen LogP contribution in [0, 0.1) is 13.8 Å². The largest absolute Gasteiger partial charge is 0.468 e. The summed E-state index contributed by atoms with van der Waals surface area (Å²) in [4.78, 5) is 19.0. The van der Waals surface area contributed by atoms with E-state index in [0.717, 1.165) is 33.4 Å². The van der Waals surface area contributed by atoms with Crippen molar-refractivity contribution in [2.75, 3.05) is 0 Å². The molecule has 2 aromatic carbocycles. The average molecular weight is 555 g/mol. The van der Waals surface area contributed by atoms with E-state index < -0.39 is 6.04 Å². The first-order chi connectivity index (χ1) is 19.5. The highest BCUT2D eigenvalue weighted by Gasteiger charge is 2.32. The van der Waals surface area contributed by atoms with Gasteiger partial charge in [-0.3, -0.25) is 9.69 Å². The van der Waals surface area contributed by atoms with Crippen LogP contribution in [0.3, 0.4) is 0 Å². The molecule has 9 nitrogen and oxygen atoms in total. The van der Waals surface area contributed by atoms with Crippen LogP contribution in [0.25, 0.3) is 10.9 Å². The van der Waals surface area contributed by atoms with Crippen molar-refractivity contribution in [1.82, 2.24) is 30.1 Å². The Kier molecular flexibility index (Phi) is 7.06. The van der Waals surface area contributed by atoms with Gasteiger partial charge in [-0.25, -0.2) is 4.68 Å². The number of rotatable bonds is 9. The van der Waals surface area contributed by atoms with Crippen LogP contribution in [-0.2, 0) is 19.6 Å². The van der Waals surface area contributed by atoms with Crippen molar-refractivity contribution in [2.24, 2.45) is 0 Å². The highest BCUT2D eigenvalue weighted by molar-refractivity contribution is 6.31. The topological polar surface area (TPSA) is 106 Å². The summed E-state index contributed by atoms with van der Waals surface area (Å²) in [5.74, 6) is 1.91. The van der Waals surface area contributed by atoms with Crippen LogP contribution >= 0.6 is 11.6 Å². The summed E-state index contributed by atoms with van der Waals surface area (Å²) in [7, 11) is 0. The second kappa shape index (κ2) is 11.0. The number of nitrogens with zero attached hydrogens (tertiary/aromatic N) is 5. The van der Waals surface area contributed by atoms with Gasteiger partial charge in [-0.2, -0.15) is 0 Å². The van der Waals surface area contributed by atoms with Gasteiger partial charge in [0.05, 0.1) is 19.1 Å². The van der Waals surface area contributed by atoms with Crippen molar-refractivity contribution in [3.63, 3.8) is 0 Å². The molecule has 0 bridgehead atoms. The number of tetrazole rings is 1. The van der Waals surface area contributed by atoms with Gasteiger partial charge in [0.1, 0.15) is 24.1 Å². The van der Waals surface area contributed by atoms with E-state index in [1.165, 1.54) is 0 Å². The number of H-pyrrole nitrogens is 1. The molecule has 1 N–H and O–H groups in total. The number of aromatic amines is 1. The summed E-state index contributed by atoms with van der Waals surface area (Å²) in [6, 6.07) is 20.5. The Hall–Kier alpha value is -4.47. The predicted octanol–water partition coefficient (Wildman–Crippen LogP) is 5.81. The van der Waals surface area contributed by atoms with Gasteiger partial charge in [0.2, 0.25) is 0 Å². The summed E-state index contributed by atoms with van der Waals surface area (Å²) >= 11 is 6.62. The number of hydrogen-bond acceptors (Lipinski definition) is 7. The van der Waals surface area contributed by atoms with Crippen LogP contribution in [0.5, 0.6) is 0 Å². The van der Waals surface area contributed by atoms with Gasteiger partial charge in [-0.15, -0.1) is 5.10 Å². The molecule has 0 saturated carbocycles. The number of fused-ring (bicyclic) bond motifs is 1. The highest BCUT2D eigenvalue weighted by atomic mass is 35.5. The van der Waals surface area contributed by atoms with Crippen LogP contribution in [0.4, 0.5) is 0 Å². The molecule has 0 aliphatic carbocycles. The molecule has 0 unspecified atom stereocenters. The molecule has 202 valence electrons. The predicted molar refractivity (Wildman–Crippen MR) is 151 cm³/mol. The van der Waals surface area contributed by atoms with Crippen molar-refractivity contribution in [3.05, 3.63) is 134 Å². The molecule has 6 rings (SSSR count). The van der Waals surface area contributed by atoms with E-state index in [2.05, 4.69) is 31.5 Å². The molecular weight excluding hydrogens is 528 g/mol. The van der Waals surface area contributed by atoms with E-state index in [9.17, 15) is 4.79 Å². The zero-order valence-corrected chi connectivity index (χ0v) is 22.8. The SMILES string of the molecule is Cc1cc(C)c2cc([C@@H](c3nnnn3Cc3ccco3)N(Cc3ccco3)Cc3ccccc3Cl)c(=O)[nH]c2c1. The molecule has 0 aliphatic heterocycles. The van der Waals surface area contributed by atoms with Crippen LogP contribution in [0.1, 0.15) is 45.6 Å². The van der Waals surface area contributed by atoms with Crippen molar-refractivity contribution in [2.45, 2.75) is 39.5 Å². The smallest absolute Gasteiger partial charge is 0.253 e.